The molecule has 0 amide bonds. The van der Waals surface area contributed by atoms with Crippen molar-refractivity contribution >= 4 is 31.6 Å². The number of nitrogens with zero attached hydrogens (tertiary/aromatic N) is 3. The number of fused-ring (bicyclic) bond motifs is 3. The van der Waals surface area contributed by atoms with Gasteiger partial charge < -0.3 is 0 Å². The van der Waals surface area contributed by atoms with Crippen molar-refractivity contribution in [1.29, 1.82) is 0 Å². The lowest BCUT2D eigenvalue weighted by Crippen LogP contribution is -2.38. The van der Waals surface area contributed by atoms with Crippen LogP contribution in [0.25, 0.3) is 20.3 Å². The first-order chi connectivity index (χ1) is 8.22. The number of aromatic nitrogens is 3. The predicted molar refractivity (Wildman–Crippen MR) is 70.2 cm³/mol. The van der Waals surface area contributed by atoms with Gasteiger partial charge in [0, 0.05) is 11.1 Å². The molecule has 0 aliphatic rings. The van der Waals surface area contributed by atoms with E-state index in [1.165, 1.54) is 26.0 Å². The van der Waals surface area contributed by atoms with Crippen LogP contribution in [-0.4, -0.2) is 10.3 Å². The Morgan fingerprint density at radius 3 is 2.94 bits per heavy atom. The molecule has 0 saturated carbocycles. The van der Waals surface area contributed by atoms with Crippen LogP contribution in [0, 0.1) is 6.92 Å². The van der Waals surface area contributed by atoms with Gasteiger partial charge in [-0.15, -0.1) is 16.0 Å². The van der Waals surface area contributed by atoms with Crippen LogP contribution in [0.4, 0.5) is 0 Å². The maximum absolute atomic E-state index is 4.36. The van der Waals surface area contributed by atoms with Gasteiger partial charge in [-0.05, 0) is 18.6 Å². The highest BCUT2D eigenvalue weighted by Crippen LogP contribution is 2.34. The summed E-state index contributed by atoms with van der Waals surface area (Å²) in [4.78, 5) is 0. The van der Waals surface area contributed by atoms with Crippen LogP contribution in [0.15, 0.2) is 18.2 Å². The Bertz CT molecular complexity index is 715. The summed E-state index contributed by atoms with van der Waals surface area (Å²) in [6.45, 7) is 4.29. The summed E-state index contributed by atoms with van der Waals surface area (Å²) in [6, 6.07) is 6.40. The second kappa shape index (κ2) is 3.74. The van der Waals surface area contributed by atoms with E-state index in [2.05, 4.69) is 42.4 Å². The summed E-state index contributed by atoms with van der Waals surface area (Å²) in [7, 11) is 1.96. The molecule has 0 aliphatic heterocycles. The molecular formula is C13H14N3S+. The predicted octanol–water partition coefficient (Wildman–Crippen LogP) is 2.54. The molecule has 0 unspecified atom stereocenters. The lowest BCUT2D eigenvalue weighted by atomic mass is 10.1. The maximum Gasteiger partial charge on any atom is 0.233 e. The van der Waals surface area contributed by atoms with Crippen LogP contribution in [0.1, 0.15) is 18.2 Å². The first-order valence-electron chi connectivity index (χ1n) is 5.76. The molecule has 0 radical (unpaired) electrons. The summed E-state index contributed by atoms with van der Waals surface area (Å²) in [5, 5.41) is 9.84. The van der Waals surface area contributed by atoms with Crippen molar-refractivity contribution in [1.82, 2.24) is 10.3 Å². The first kappa shape index (κ1) is 10.6. The molecule has 0 spiro atoms. The smallest absolute Gasteiger partial charge is 0.136 e. The van der Waals surface area contributed by atoms with Gasteiger partial charge in [-0.25, -0.2) is 0 Å². The Balaban J connectivity index is 2.56. The zero-order valence-electron chi connectivity index (χ0n) is 10.2. The van der Waals surface area contributed by atoms with E-state index >= 15 is 0 Å². The normalized spacial score (nSPS) is 11.5. The largest absolute Gasteiger partial charge is 0.233 e. The molecule has 0 saturated heterocycles. The van der Waals surface area contributed by atoms with Crippen molar-refractivity contribution < 1.29 is 4.68 Å². The minimum atomic E-state index is 0.981. The minimum Gasteiger partial charge on any atom is -0.136 e. The third-order valence-electron chi connectivity index (χ3n) is 3.16. The van der Waals surface area contributed by atoms with Crippen LogP contribution in [-0.2, 0) is 13.5 Å². The van der Waals surface area contributed by atoms with Gasteiger partial charge in [0.05, 0.1) is 10.5 Å². The van der Waals surface area contributed by atoms with E-state index < -0.39 is 0 Å². The zero-order chi connectivity index (χ0) is 12.0. The molecule has 0 fully saturated rings. The fourth-order valence-electron chi connectivity index (χ4n) is 2.29. The second-order valence-electron chi connectivity index (χ2n) is 4.24. The molecule has 17 heavy (non-hydrogen) atoms. The van der Waals surface area contributed by atoms with Gasteiger partial charge >= 0.3 is 0 Å². The van der Waals surface area contributed by atoms with Gasteiger partial charge in [0.2, 0.25) is 5.52 Å². The Kier molecular flexibility index (Phi) is 2.33. The van der Waals surface area contributed by atoms with Crippen molar-refractivity contribution in [2.24, 2.45) is 7.05 Å². The van der Waals surface area contributed by atoms with Crippen molar-refractivity contribution in [3.05, 3.63) is 29.5 Å². The molecule has 3 aromatic rings. The van der Waals surface area contributed by atoms with Crippen molar-refractivity contribution in [3.63, 3.8) is 0 Å². The first-order valence-corrected chi connectivity index (χ1v) is 6.57. The highest BCUT2D eigenvalue weighted by Gasteiger charge is 2.19. The third-order valence-corrected chi connectivity index (χ3v) is 4.36. The number of thiophene rings is 1. The van der Waals surface area contributed by atoms with Crippen molar-refractivity contribution in [3.8, 4) is 0 Å². The van der Waals surface area contributed by atoms with Crippen LogP contribution in [0.2, 0.25) is 0 Å². The van der Waals surface area contributed by atoms with Gasteiger partial charge in [0.25, 0.3) is 0 Å². The van der Waals surface area contributed by atoms with Crippen LogP contribution in [0.3, 0.4) is 0 Å². The van der Waals surface area contributed by atoms with Crippen LogP contribution >= 0.6 is 11.3 Å². The van der Waals surface area contributed by atoms with Gasteiger partial charge in [0.1, 0.15) is 22.7 Å². The lowest BCUT2D eigenvalue weighted by Gasteiger charge is -1.95. The Hall–Kier alpha value is -1.55. The molecule has 3 nitrogen and oxygen atoms in total. The van der Waals surface area contributed by atoms with E-state index in [1.807, 2.05) is 23.1 Å². The van der Waals surface area contributed by atoms with E-state index in [-0.39, 0.29) is 0 Å². The zero-order valence-corrected chi connectivity index (χ0v) is 11.0. The summed E-state index contributed by atoms with van der Waals surface area (Å²) in [6.07, 6.45) is 0.981. The fourth-order valence-corrected chi connectivity index (χ4v) is 3.65. The number of hydrogen-bond acceptors (Lipinski definition) is 3. The molecule has 86 valence electrons. The molecule has 0 bridgehead atoms. The highest BCUT2D eigenvalue weighted by atomic mass is 32.1. The molecule has 0 aliphatic carbocycles. The van der Waals surface area contributed by atoms with Gasteiger partial charge in [-0.3, -0.25) is 0 Å². The quantitative estimate of drug-likeness (QED) is 0.616. The number of aryl methyl sites for hydroxylation is 3. The standard InChI is InChI=1S/C13H14N3S/c1-4-9-13-12(14-15-16(9)3)11-8(2)6-5-7-10(11)17-13/h5-7H,4H2,1-3H3/q+1. The average Bonchev–Trinajstić information content (AvgIpc) is 2.68. The lowest BCUT2D eigenvalue weighted by molar-refractivity contribution is -0.741. The Labute approximate surface area is 104 Å². The SMILES string of the molecule is CCc1c2sc3cccc(C)c3c2nn[n+]1C. The third kappa shape index (κ3) is 1.44. The average molecular weight is 244 g/mol. The molecule has 3 rings (SSSR count). The van der Waals surface area contributed by atoms with E-state index in [0.29, 0.717) is 0 Å². The van der Waals surface area contributed by atoms with Gasteiger partial charge in [0.15, 0.2) is 0 Å². The molecule has 0 N–H and O–H groups in total. The molecule has 0 atom stereocenters. The maximum atomic E-state index is 4.36. The summed E-state index contributed by atoms with van der Waals surface area (Å²) < 4.78 is 4.46. The van der Waals surface area contributed by atoms with Gasteiger partial charge in [-0.1, -0.05) is 19.1 Å². The monoisotopic (exact) mass is 244 g/mol. The van der Waals surface area contributed by atoms with Crippen LogP contribution < -0.4 is 4.68 Å². The van der Waals surface area contributed by atoms with Crippen molar-refractivity contribution in [2.75, 3.05) is 0 Å². The fraction of sp³-hybridized carbons (Fsp3) is 0.308. The molecule has 2 aromatic heterocycles. The second-order valence-corrected chi connectivity index (χ2v) is 5.29. The number of hydrogen-bond donors (Lipinski definition) is 0. The highest BCUT2D eigenvalue weighted by molar-refractivity contribution is 7.25. The summed E-state index contributed by atoms with van der Waals surface area (Å²) in [5.74, 6) is 0. The minimum absolute atomic E-state index is 0.981. The summed E-state index contributed by atoms with van der Waals surface area (Å²) >= 11 is 1.82. The molecular weight excluding hydrogens is 230 g/mol. The Morgan fingerprint density at radius 1 is 1.35 bits per heavy atom. The van der Waals surface area contributed by atoms with E-state index in [1.54, 1.807) is 0 Å². The van der Waals surface area contributed by atoms with Crippen molar-refractivity contribution in [2.45, 2.75) is 20.3 Å². The Morgan fingerprint density at radius 2 is 2.18 bits per heavy atom. The van der Waals surface area contributed by atoms with Crippen LogP contribution in [0.5, 0.6) is 0 Å². The molecule has 2 heterocycles. The number of rotatable bonds is 1. The van der Waals surface area contributed by atoms with E-state index in [4.69, 9.17) is 0 Å². The molecule has 4 heteroatoms. The molecule has 1 aromatic carbocycles. The van der Waals surface area contributed by atoms with Gasteiger partial charge in [-0.2, -0.15) is 0 Å². The number of benzene rings is 1. The summed E-state index contributed by atoms with van der Waals surface area (Å²) in [5.41, 5.74) is 3.59. The van der Waals surface area contributed by atoms with E-state index in [0.717, 1.165) is 11.9 Å². The van der Waals surface area contributed by atoms with E-state index in [9.17, 15) is 0 Å². The topological polar surface area (TPSA) is 29.7 Å².